The van der Waals surface area contributed by atoms with Gasteiger partial charge in [0.25, 0.3) is 0 Å². The second kappa shape index (κ2) is 11.7. The van der Waals surface area contributed by atoms with Crippen LogP contribution in [0.25, 0.3) is 0 Å². The Morgan fingerprint density at radius 3 is 1.79 bits per heavy atom. The van der Waals surface area contributed by atoms with Gasteiger partial charge in [-0.05, 0) is 131 Å². The molecule has 3 aliphatic carbocycles. The molecule has 0 spiro atoms. The van der Waals surface area contributed by atoms with Crippen molar-refractivity contribution >= 4 is 0 Å². The fraction of sp³-hybridized carbons (Fsp3) is 0.667. The highest BCUT2D eigenvalue weighted by Crippen LogP contribution is 2.43. The molecule has 1 aromatic carbocycles. The van der Waals surface area contributed by atoms with E-state index in [4.69, 9.17) is 4.74 Å². The maximum Gasteiger partial charge on any atom is 0.200 e. The van der Waals surface area contributed by atoms with E-state index in [1.165, 1.54) is 51.4 Å². The number of hydrogen-bond acceptors (Lipinski definition) is 1. The molecular weight excluding hydrogens is 414 g/mol. The lowest BCUT2D eigenvalue weighted by Gasteiger charge is -2.37. The van der Waals surface area contributed by atoms with Crippen molar-refractivity contribution in [2.24, 2.45) is 29.6 Å². The molecule has 182 valence electrons. The van der Waals surface area contributed by atoms with Gasteiger partial charge in [-0.2, -0.15) is 4.39 Å². The van der Waals surface area contributed by atoms with Crippen LogP contribution in [-0.2, 0) is 0 Å². The van der Waals surface area contributed by atoms with Gasteiger partial charge < -0.3 is 4.74 Å². The molecule has 0 atom stereocenters. The fourth-order valence-corrected chi connectivity index (χ4v) is 6.73. The fourth-order valence-electron chi connectivity index (χ4n) is 6.73. The van der Waals surface area contributed by atoms with Gasteiger partial charge in [-0.3, -0.25) is 0 Å². The summed E-state index contributed by atoms with van der Waals surface area (Å²) in [6.45, 7) is 6.10. The zero-order valence-electron chi connectivity index (χ0n) is 20.4. The molecule has 1 aromatic rings. The van der Waals surface area contributed by atoms with Gasteiger partial charge in [0.2, 0.25) is 5.82 Å². The van der Waals surface area contributed by atoms with Gasteiger partial charge in [0, 0.05) is 0 Å². The summed E-state index contributed by atoms with van der Waals surface area (Å²) in [7, 11) is 0. The maximum atomic E-state index is 14.6. The average Bonchev–Trinajstić information content (AvgIpc) is 2.87. The quantitative estimate of drug-likeness (QED) is 0.372. The van der Waals surface area contributed by atoms with Crippen LogP contribution in [0.4, 0.5) is 8.78 Å². The van der Waals surface area contributed by atoms with Crippen molar-refractivity contribution in [2.45, 2.75) is 89.9 Å². The van der Waals surface area contributed by atoms with Gasteiger partial charge >= 0.3 is 0 Å². The van der Waals surface area contributed by atoms with Gasteiger partial charge in [-0.25, -0.2) is 4.39 Å². The van der Waals surface area contributed by atoms with Crippen LogP contribution in [0.2, 0.25) is 0 Å². The molecule has 0 bridgehead atoms. The topological polar surface area (TPSA) is 9.23 Å². The Morgan fingerprint density at radius 2 is 1.27 bits per heavy atom. The summed E-state index contributed by atoms with van der Waals surface area (Å²) < 4.78 is 34.0. The first kappa shape index (κ1) is 24.5. The lowest BCUT2D eigenvalue weighted by molar-refractivity contribution is 0.166. The smallest absolute Gasteiger partial charge is 0.200 e. The molecular formula is C30H42F2O. The molecule has 0 N–H and O–H groups in total. The highest BCUT2D eigenvalue weighted by atomic mass is 19.2. The third-order valence-electron chi connectivity index (χ3n) is 8.88. The van der Waals surface area contributed by atoms with E-state index in [2.05, 4.69) is 24.8 Å². The molecule has 33 heavy (non-hydrogen) atoms. The summed E-state index contributed by atoms with van der Waals surface area (Å²) >= 11 is 0. The Kier molecular flexibility index (Phi) is 8.66. The van der Waals surface area contributed by atoms with Crippen molar-refractivity contribution < 1.29 is 13.5 Å². The Morgan fingerprint density at radius 1 is 0.758 bits per heavy atom. The van der Waals surface area contributed by atoms with E-state index in [1.807, 2.05) is 0 Å². The molecule has 3 heteroatoms. The summed E-state index contributed by atoms with van der Waals surface area (Å²) in [5.74, 6) is 2.58. The summed E-state index contributed by atoms with van der Waals surface area (Å²) in [5.41, 5.74) is 0.527. The Balaban J connectivity index is 1.21. The van der Waals surface area contributed by atoms with E-state index in [1.54, 1.807) is 19.1 Å². The third kappa shape index (κ3) is 6.08. The standard InChI is InChI=1S/C30H42F2O/c1-3-21-7-13-24(14-8-21)25-15-9-22(10-16-25)5-6-23-11-17-26(18-12-23)27-19-20-28(33-4-2)30(32)29(27)31/h3,5-6,19-26H,1,4,7-18H2,2H3/b6-5+. The highest BCUT2D eigenvalue weighted by Gasteiger charge is 2.30. The normalized spacial score (nSPS) is 33.2. The molecule has 0 saturated heterocycles. The van der Waals surface area contributed by atoms with Crippen LogP contribution in [0.1, 0.15) is 95.5 Å². The number of rotatable bonds is 7. The van der Waals surface area contributed by atoms with Gasteiger partial charge in [0.15, 0.2) is 11.6 Å². The predicted molar refractivity (Wildman–Crippen MR) is 132 cm³/mol. The first-order valence-corrected chi connectivity index (χ1v) is 13.5. The molecule has 3 saturated carbocycles. The van der Waals surface area contributed by atoms with Gasteiger partial charge in [0.1, 0.15) is 0 Å². The Labute approximate surface area is 199 Å². The zero-order valence-corrected chi connectivity index (χ0v) is 20.4. The number of benzene rings is 1. The van der Waals surface area contributed by atoms with E-state index in [0.29, 0.717) is 18.1 Å². The molecule has 0 aliphatic heterocycles. The SMILES string of the molecule is C=CC1CCC(C2CCC(/C=C/C3CCC(c4ccc(OCC)c(F)c4F)CC3)CC2)CC1. The number of ether oxygens (including phenoxy) is 1. The minimum Gasteiger partial charge on any atom is -0.491 e. The molecule has 0 amide bonds. The van der Waals surface area contributed by atoms with E-state index < -0.39 is 11.6 Å². The highest BCUT2D eigenvalue weighted by molar-refractivity contribution is 5.33. The summed E-state index contributed by atoms with van der Waals surface area (Å²) in [6, 6.07) is 3.32. The molecule has 0 unspecified atom stereocenters. The monoisotopic (exact) mass is 456 g/mol. The van der Waals surface area contributed by atoms with Crippen LogP contribution in [0.3, 0.4) is 0 Å². The molecule has 3 fully saturated rings. The van der Waals surface area contributed by atoms with Gasteiger partial charge in [-0.1, -0.05) is 24.3 Å². The third-order valence-corrected chi connectivity index (χ3v) is 8.88. The van der Waals surface area contributed by atoms with E-state index >= 15 is 0 Å². The second-order valence-corrected chi connectivity index (χ2v) is 10.8. The van der Waals surface area contributed by atoms with Crippen LogP contribution in [0.15, 0.2) is 36.9 Å². The first-order chi connectivity index (χ1) is 16.1. The van der Waals surface area contributed by atoms with E-state index in [-0.39, 0.29) is 11.7 Å². The van der Waals surface area contributed by atoms with Crippen LogP contribution in [-0.4, -0.2) is 6.61 Å². The lowest BCUT2D eigenvalue weighted by Crippen LogP contribution is -2.25. The molecule has 0 radical (unpaired) electrons. The maximum absolute atomic E-state index is 14.6. The first-order valence-electron chi connectivity index (χ1n) is 13.5. The van der Waals surface area contributed by atoms with Crippen LogP contribution in [0, 0.1) is 41.2 Å². The van der Waals surface area contributed by atoms with Crippen LogP contribution < -0.4 is 4.74 Å². The Hall–Kier alpha value is -1.64. The van der Waals surface area contributed by atoms with E-state index in [0.717, 1.165) is 49.4 Å². The zero-order chi connectivity index (χ0) is 23.2. The minimum absolute atomic E-state index is 0.0227. The number of allylic oxidation sites excluding steroid dienone is 3. The lowest BCUT2D eigenvalue weighted by atomic mass is 9.69. The molecule has 3 aliphatic rings. The Bertz CT molecular complexity index is 792. The summed E-state index contributed by atoms with van der Waals surface area (Å²) in [4.78, 5) is 0. The minimum atomic E-state index is -0.833. The molecule has 0 heterocycles. The van der Waals surface area contributed by atoms with Crippen molar-refractivity contribution in [1.82, 2.24) is 0 Å². The molecule has 1 nitrogen and oxygen atoms in total. The molecule has 4 rings (SSSR count). The van der Waals surface area contributed by atoms with Crippen molar-refractivity contribution in [3.05, 3.63) is 54.1 Å². The molecule has 0 aromatic heterocycles. The van der Waals surface area contributed by atoms with Crippen molar-refractivity contribution in [3.63, 3.8) is 0 Å². The average molecular weight is 457 g/mol. The largest absolute Gasteiger partial charge is 0.491 e. The summed E-state index contributed by atoms with van der Waals surface area (Å²) in [6.07, 6.45) is 22.1. The van der Waals surface area contributed by atoms with Crippen molar-refractivity contribution in [1.29, 1.82) is 0 Å². The van der Waals surface area contributed by atoms with Crippen molar-refractivity contribution in [2.75, 3.05) is 6.61 Å². The number of hydrogen-bond donors (Lipinski definition) is 0. The van der Waals surface area contributed by atoms with Crippen LogP contribution >= 0.6 is 0 Å². The second-order valence-electron chi connectivity index (χ2n) is 10.8. The van der Waals surface area contributed by atoms with Gasteiger partial charge in [0.05, 0.1) is 6.61 Å². The van der Waals surface area contributed by atoms with Crippen molar-refractivity contribution in [3.8, 4) is 5.75 Å². The van der Waals surface area contributed by atoms with E-state index in [9.17, 15) is 8.78 Å². The van der Waals surface area contributed by atoms with Gasteiger partial charge in [-0.15, -0.1) is 6.58 Å². The number of halogens is 2. The predicted octanol–water partition coefficient (Wildman–Crippen LogP) is 8.99. The van der Waals surface area contributed by atoms with Crippen LogP contribution in [0.5, 0.6) is 5.75 Å². The summed E-state index contributed by atoms with van der Waals surface area (Å²) in [5, 5.41) is 0.